The Labute approximate surface area is 197 Å². The average molecular weight is 490 g/mol. The summed E-state index contributed by atoms with van der Waals surface area (Å²) in [6.45, 7) is 5.67. The largest absolute Gasteiger partial charge is 0.352 e. The molecule has 0 saturated carbocycles. The Morgan fingerprint density at radius 1 is 1.00 bits per heavy atom. The summed E-state index contributed by atoms with van der Waals surface area (Å²) in [7, 11) is 0. The van der Waals surface area contributed by atoms with Crippen LogP contribution in [0, 0.1) is 0 Å². The normalized spacial score (nSPS) is 12.9. The van der Waals surface area contributed by atoms with Crippen molar-refractivity contribution in [3.05, 3.63) is 67.6 Å². The van der Waals surface area contributed by atoms with E-state index in [0.29, 0.717) is 31.2 Å². The van der Waals surface area contributed by atoms with Crippen LogP contribution in [-0.4, -0.2) is 28.8 Å². The second kappa shape index (κ2) is 11.2. The number of halogens is 4. The maximum absolute atomic E-state index is 13.2. The molecule has 0 radical (unpaired) electrons. The zero-order valence-corrected chi connectivity index (χ0v) is 20.0. The zero-order chi connectivity index (χ0) is 22.4. The minimum absolute atomic E-state index is 0.00786. The molecular weight excluding hydrogens is 466 g/mol. The molecular formula is C22H24Cl4N2O2. The van der Waals surface area contributed by atoms with Gasteiger partial charge in [0.15, 0.2) is 0 Å². The summed E-state index contributed by atoms with van der Waals surface area (Å²) < 4.78 is 0. The van der Waals surface area contributed by atoms with Gasteiger partial charge in [-0.05, 0) is 50.1 Å². The lowest BCUT2D eigenvalue weighted by atomic mass is 10.1. The fraction of sp³-hybridized carbons (Fsp3) is 0.364. The third kappa shape index (κ3) is 6.52. The van der Waals surface area contributed by atoms with Gasteiger partial charge in [-0.15, -0.1) is 0 Å². The van der Waals surface area contributed by atoms with Gasteiger partial charge >= 0.3 is 0 Å². The Bertz CT molecular complexity index is 900. The van der Waals surface area contributed by atoms with Crippen molar-refractivity contribution in [1.82, 2.24) is 10.2 Å². The summed E-state index contributed by atoms with van der Waals surface area (Å²) in [6.07, 6.45) is 0.794. The molecule has 0 fully saturated rings. The number of nitrogens with zero attached hydrogens (tertiary/aromatic N) is 1. The van der Waals surface area contributed by atoms with Crippen molar-refractivity contribution in [3.63, 3.8) is 0 Å². The minimum Gasteiger partial charge on any atom is -0.352 e. The monoisotopic (exact) mass is 488 g/mol. The summed E-state index contributed by atoms with van der Waals surface area (Å²) in [6, 6.07) is 9.35. The molecule has 162 valence electrons. The Kier molecular flexibility index (Phi) is 9.30. The van der Waals surface area contributed by atoms with Gasteiger partial charge in [-0.25, -0.2) is 0 Å². The van der Waals surface area contributed by atoms with E-state index in [2.05, 4.69) is 5.32 Å². The highest BCUT2D eigenvalue weighted by Gasteiger charge is 2.28. The molecule has 1 N–H and O–H groups in total. The predicted octanol–water partition coefficient (Wildman–Crippen LogP) is 6.17. The smallest absolute Gasteiger partial charge is 0.242 e. The first kappa shape index (κ1) is 24.8. The molecule has 0 aromatic heterocycles. The summed E-state index contributed by atoms with van der Waals surface area (Å²) >= 11 is 24.8. The van der Waals surface area contributed by atoms with Crippen LogP contribution in [-0.2, 0) is 22.6 Å². The molecule has 0 aliphatic heterocycles. The molecule has 30 heavy (non-hydrogen) atoms. The summed E-state index contributed by atoms with van der Waals surface area (Å²) in [5.41, 5.74) is 1.20. The second-order valence-electron chi connectivity index (χ2n) is 7.13. The van der Waals surface area contributed by atoms with Gasteiger partial charge in [0.05, 0.1) is 6.42 Å². The molecule has 0 spiro atoms. The van der Waals surface area contributed by atoms with E-state index in [9.17, 15) is 9.59 Å². The van der Waals surface area contributed by atoms with E-state index >= 15 is 0 Å². The van der Waals surface area contributed by atoms with Gasteiger partial charge in [0, 0.05) is 38.2 Å². The number of rotatable bonds is 8. The van der Waals surface area contributed by atoms with Gasteiger partial charge in [-0.3, -0.25) is 9.59 Å². The Morgan fingerprint density at radius 3 is 2.20 bits per heavy atom. The molecule has 0 heterocycles. The molecule has 0 aliphatic rings. The van der Waals surface area contributed by atoms with Crippen LogP contribution in [0.2, 0.25) is 20.1 Å². The predicted molar refractivity (Wildman–Crippen MR) is 125 cm³/mol. The second-order valence-corrected chi connectivity index (χ2v) is 8.79. The maximum atomic E-state index is 13.2. The van der Waals surface area contributed by atoms with E-state index in [-0.39, 0.29) is 30.8 Å². The SMILES string of the molecule is CC[C@@H](C)NC(=O)[C@@H](C)N(Cc1c(Cl)cccc1Cl)C(=O)Cc1ccc(Cl)cc1Cl. The Balaban J connectivity index is 2.34. The van der Waals surface area contributed by atoms with Crippen molar-refractivity contribution in [3.8, 4) is 0 Å². The zero-order valence-electron chi connectivity index (χ0n) is 17.0. The summed E-state index contributed by atoms with van der Waals surface area (Å²) in [5, 5.41) is 4.66. The Hall–Kier alpha value is -1.46. The lowest BCUT2D eigenvalue weighted by Crippen LogP contribution is -2.50. The number of nitrogens with one attached hydrogen (secondary N) is 1. The third-order valence-electron chi connectivity index (χ3n) is 4.92. The van der Waals surface area contributed by atoms with Gasteiger partial charge in [0.1, 0.15) is 6.04 Å². The maximum Gasteiger partial charge on any atom is 0.242 e. The highest BCUT2D eigenvalue weighted by Crippen LogP contribution is 2.28. The van der Waals surface area contributed by atoms with Gasteiger partial charge in [-0.2, -0.15) is 0 Å². The average Bonchev–Trinajstić information content (AvgIpc) is 2.69. The van der Waals surface area contributed by atoms with Gasteiger partial charge < -0.3 is 10.2 Å². The lowest BCUT2D eigenvalue weighted by Gasteiger charge is -2.30. The van der Waals surface area contributed by atoms with E-state index in [1.165, 1.54) is 4.90 Å². The van der Waals surface area contributed by atoms with Crippen LogP contribution in [0.15, 0.2) is 36.4 Å². The minimum atomic E-state index is -0.732. The molecule has 0 unspecified atom stereocenters. The highest BCUT2D eigenvalue weighted by molar-refractivity contribution is 6.36. The van der Waals surface area contributed by atoms with Gasteiger partial charge in [0.2, 0.25) is 11.8 Å². The van der Waals surface area contributed by atoms with Crippen molar-refractivity contribution >= 4 is 58.2 Å². The number of amides is 2. The van der Waals surface area contributed by atoms with Crippen molar-refractivity contribution in [2.45, 2.75) is 52.2 Å². The molecule has 0 bridgehead atoms. The van der Waals surface area contributed by atoms with Crippen LogP contribution < -0.4 is 5.32 Å². The molecule has 2 aromatic rings. The molecule has 0 saturated heterocycles. The van der Waals surface area contributed by atoms with Crippen molar-refractivity contribution in [2.75, 3.05) is 0 Å². The van der Waals surface area contributed by atoms with Crippen LogP contribution in [0.5, 0.6) is 0 Å². The summed E-state index contributed by atoms with van der Waals surface area (Å²) in [5.74, 6) is -0.523. The Morgan fingerprint density at radius 2 is 1.63 bits per heavy atom. The molecule has 2 amide bonds. The first-order valence-corrected chi connectivity index (χ1v) is 11.1. The third-order valence-corrected chi connectivity index (χ3v) is 6.21. The topological polar surface area (TPSA) is 49.4 Å². The molecule has 8 heteroatoms. The number of carbonyl (C=O) groups is 2. The summed E-state index contributed by atoms with van der Waals surface area (Å²) in [4.78, 5) is 27.5. The van der Waals surface area contributed by atoms with E-state index in [1.807, 2.05) is 13.8 Å². The highest BCUT2D eigenvalue weighted by atomic mass is 35.5. The molecule has 2 rings (SSSR count). The van der Waals surface area contributed by atoms with Gasteiger partial charge in [0.25, 0.3) is 0 Å². The quantitative estimate of drug-likeness (QED) is 0.481. The number of benzene rings is 2. The van der Waals surface area contributed by atoms with Crippen LogP contribution in [0.4, 0.5) is 0 Å². The van der Waals surface area contributed by atoms with Crippen molar-refractivity contribution in [1.29, 1.82) is 0 Å². The molecule has 4 nitrogen and oxygen atoms in total. The number of hydrogen-bond acceptors (Lipinski definition) is 2. The van der Waals surface area contributed by atoms with Crippen molar-refractivity contribution < 1.29 is 9.59 Å². The van der Waals surface area contributed by atoms with Gasteiger partial charge in [-0.1, -0.05) is 65.5 Å². The first-order valence-electron chi connectivity index (χ1n) is 9.60. The van der Waals surface area contributed by atoms with E-state index < -0.39 is 6.04 Å². The van der Waals surface area contributed by atoms with E-state index in [0.717, 1.165) is 6.42 Å². The van der Waals surface area contributed by atoms with Crippen LogP contribution in [0.25, 0.3) is 0 Å². The fourth-order valence-electron chi connectivity index (χ4n) is 2.83. The fourth-order valence-corrected chi connectivity index (χ4v) is 3.82. The lowest BCUT2D eigenvalue weighted by molar-refractivity contribution is -0.140. The van der Waals surface area contributed by atoms with Crippen LogP contribution >= 0.6 is 46.4 Å². The molecule has 0 aliphatic carbocycles. The van der Waals surface area contributed by atoms with Crippen molar-refractivity contribution in [2.24, 2.45) is 0 Å². The molecule has 2 aromatic carbocycles. The first-order chi connectivity index (χ1) is 14.1. The standard InChI is InChI=1S/C22H24Cl4N2O2/c1-4-13(2)27-22(30)14(3)28(12-17-18(24)6-5-7-19(17)25)21(29)10-15-8-9-16(23)11-20(15)26/h5-9,11,13-14H,4,10,12H2,1-3H3,(H,27,30)/t13-,14-/m1/s1. The van der Waals surface area contributed by atoms with Crippen LogP contribution in [0.3, 0.4) is 0 Å². The van der Waals surface area contributed by atoms with E-state index in [4.69, 9.17) is 46.4 Å². The van der Waals surface area contributed by atoms with E-state index in [1.54, 1.807) is 43.3 Å². The number of hydrogen-bond donors (Lipinski definition) is 1. The van der Waals surface area contributed by atoms with Crippen LogP contribution in [0.1, 0.15) is 38.3 Å². The molecule has 2 atom stereocenters. The number of carbonyl (C=O) groups excluding carboxylic acids is 2.